The molecule has 3 heteroatoms. The lowest BCUT2D eigenvalue weighted by atomic mass is 10.0. The van der Waals surface area contributed by atoms with Gasteiger partial charge in [0.2, 0.25) is 0 Å². The molecule has 0 amide bonds. The summed E-state index contributed by atoms with van der Waals surface area (Å²) in [5.41, 5.74) is 4.95. The average molecular weight is 326 g/mol. The Morgan fingerprint density at radius 1 is 0.840 bits per heavy atom. The van der Waals surface area contributed by atoms with Crippen molar-refractivity contribution >= 4 is 22.8 Å². The first kappa shape index (κ1) is 15.2. The molecule has 2 N–H and O–H groups in total. The Labute approximate surface area is 146 Å². The summed E-state index contributed by atoms with van der Waals surface area (Å²) in [6, 6.07) is 26.3. The van der Waals surface area contributed by atoms with Gasteiger partial charge in [0.25, 0.3) is 0 Å². The molecule has 0 saturated carbocycles. The van der Waals surface area contributed by atoms with Crippen molar-refractivity contribution in [2.24, 2.45) is 4.99 Å². The van der Waals surface area contributed by atoms with E-state index in [1.165, 1.54) is 11.1 Å². The fraction of sp³-hybridized carbons (Fsp3) is 0.0455. The lowest BCUT2D eigenvalue weighted by Gasteiger charge is -2.02. The monoisotopic (exact) mass is 326 g/mol. The first-order valence-corrected chi connectivity index (χ1v) is 8.26. The highest BCUT2D eigenvalue weighted by molar-refractivity contribution is 6.02. The van der Waals surface area contributed by atoms with Gasteiger partial charge in [-0.2, -0.15) is 0 Å². The normalized spacial score (nSPS) is 11.4. The Kier molecular flexibility index (Phi) is 4.05. The van der Waals surface area contributed by atoms with E-state index < -0.39 is 0 Å². The minimum absolute atomic E-state index is 0.145. The third-order valence-electron chi connectivity index (χ3n) is 4.23. The van der Waals surface area contributed by atoms with E-state index in [0.717, 1.165) is 23.0 Å². The van der Waals surface area contributed by atoms with Gasteiger partial charge >= 0.3 is 0 Å². The van der Waals surface area contributed by atoms with Crippen LogP contribution in [0.25, 0.3) is 10.9 Å². The van der Waals surface area contributed by atoms with Gasteiger partial charge in [0.1, 0.15) is 0 Å². The molecule has 3 aromatic carbocycles. The Balaban J connectivity index is 1.70. The molecule has 0 radical (unpaired) electrons. The van der Waals surface area contributed by atoms with Crippen LogP contribution in [-0.4, -0.2) is 16.3 Å². The summed E-state index contributed by atoms with van der Waals surface area (Å²) in [6.07, 6.45) is 2.58. The van der Waals surface area contributed by atoms with Crippen LogP contribution in [0.2, 0.25) is 0 Å². The second-order valence-corrected chi connectivity index (χ2v) is 6.02. The van der Waals surface area contributed by atoms with Gasteiger partial charge in [0.15, 0.2) is 5.88 Å². The molecule has 122 valence electrons. The predicted octanol–water partition coefficient (Wildman–Crippen LogP) is 5.21. The number of fused-ring (bicyclic) bond motifs is 1. The molecule has 4 rings (SSSR count). The van der Waals surface area contributed by atoms with Crippen LogP contribution in [0.15, 0.2) is 83.9 Å². The smallest absolute Gasteiger partial charge is 0.198 e. The van der Waals surface area contributed by atoms with Gasteiger partial charge in [0, 0.05) is 17.1 Å². The zero-order chi connectivity index (χ0) is 17.1. The number of rotatable bonds is 4. The SMILES string of the molecule is Oc1[nH]c2ccc(Cc3ccccc3)cc2c1C=Nc1ccccc1. The minimum atomic E-state index is 0.145. The third kappa shape index (κ3) is 3.31. The number of benzene rings is 3. The van der Waals surface area contributed by atoms with Crippen LogP contribution in [0, 0.1) is 0 Å². The summed E-state index contributed by atoms with van der Waals surface area (Å²) in [4.78, 5) is 7.49. The average Bonchev–Trinajstić information content (AvgIpc) is 2.96. The number of aliphatic imine (C=N–C) groups is 1. The zero-order valence-electron chi connectivity index (χ0n) is 13.7. The first-order chi connectivity index (χ1) is 12.3. The van der Waals surface area contributed by atoms with Crippen LogP contribution < -0.4 is 0 Å². The summed E-state index contributed by atoms with van der Waals surface area (Å²) < 4.78 is 0. The van der Waals surface area contributed by atoms with Gasteiger partial charge in [-0.3, -0.25) is 4.99 Å². The van der Waals surface area contributed by atoms with Crippen molar-refractivity contribution in [1.82, 2.24) is 4.98 Å². The number of nitrogens with one attached hydrogen (secondary N) is 1. The topological polar surface area (TPSA) is 48.4 Å². The van der Waals surface area contributed by atoms with Crippen LogP contribution >= 0.6 is 0 Å². The van der Waals surface area contributed by atoms with E-state index >= 15 is 0 Å². The molecule has 0 aliphatic heterocycles. The van der Waals surface area contributed by atoms with Gasteiger partial charge in [-0.15, -0.1) is 0 Å². The van der Waals surface area contributed by atoms with Crippen molar-refractivity contribution < 1.29 is 5.11 Å². The highest BCUT2D eigenvalue weighted by atomic mass is 16.3. The largest absolute Gasteiger partial charge is 0.494 e. The van der Waals surface area contributed by atoms with E-state index in [1.54, 1.807) is 6.21 Å². The highest BCUT2D eigenvalue weighted by Crippen LogP contribution is 2.28. The lowest BCUT2D eigenvalue weighted by Crippen LogP contribution is -1.88. The fourth-order valence-corrected chi connectivity index (χ4v) is 2.97. The van der Waals surface area contributed by atoms with Crippen LogP contribution in [0.1, 0.15) is 16.7 Å². The third-order valence-corrected chi connectivity index (χ3v) is 4.23. The molecule has 0 spiro atoms. The number of para-hydroxylation sites is 1. The summed E-state index contributed by atoms with van der Waals surface area (Å²) in [5, 5.41) is 11.2. The van der Waals surface area contributed by atoms with E-state index in [2.05, 4.69) is 34.2 Å². The zero-order valence-corrected chi connectivity index (χ0v) is 13.7. The van der Waals surface area contributed by atoms with Crippen LogP contribution in [-0.2, 0) is 6.42 Å². The van der Waals surface area contributed by atoms with Crippen molar-refractivity contribution in [3.63, 3.8) is 0 Å². The lowest BCUT2D eigenvalue weighted by molar-refractivity contribution is 0.457. The van der Waals surface area contributed by atoms with Gasteiger partial charge in [-0.1, -0.05) is 54.6 Å². The quantitative estimate of drug-likeness (QED) is 0.497. The Bertz CT molecular complexity index is 1020. The highest BCUT2D eigenvalue weighted by Gasteiger charge is 2.10. The minimum Gasteiger partial charge on any atom is -0.494 e. The Morgan fingerprint density at radius 2 is 1.56 bits per heavy atom. The van der Waals surface area contributed by atoms with Crippen LogP contribution in [0.5, 0.6) is 5.88 Å². The van der Waals surface area contributed by atoms with E-state index in [0.29, 0.717) is 5.56 Å². The predicted molar refractivity (Wildman–Crippen MR) is 103 cm³/mol. The number of H-pyrrole nitrogens is 1. The molecule has 0 bridgehead atoms. The number of nitrogens with zero attached hydrogens (tertiary/aromatic N) is 1. The van der Waals surface area contributed by atoms with E-state index in [1.807, 2.05) is 54.6 Å². The maximum absolute atomic E-state index is 10.2. The molecular formula is C22H18N2O. The molecule has 0 aliphatic carbocycles. The Hall–Kier alpha value is -3.33. The Morgan fingerprint density at radius 3 is 2.32 bits per heavy atom. The molecule has 1 aromatic heterocycles. The van der Waals surface area contributed by atoms with E-state index in [9.17, 15) is 5.11 Å². The molecule has 25 heavy (non-hydrogen) atoms. The molecule has 0 aliphatic rings. The van der Waals surface area contributed by atoms with Crippen molar-refractivity contribution in [3.8, 4) is 5.88 Å². The molecule has 0 saturated heterocycles. The summed E-state index contributed by atoms with van der Waals surface area (Å²) in [5.74, 6) is 0.145. The maximum atomic E-state index is 10.2. The van der Waals surface area contributed by atoms with Crippen LogP contribution in [0.4, 0.5) is 5.69 Å². The summed E-state index contributed by atoms with van der Waals surface area (Å²) >= 11 is 0. The van der Waals surface area contributed by atoms with Gasteiger partial charge < -0.3 is 10.1 Å². The standard InChI is InChI=1S/C22H18N2O/c25-22-20(15-23-18-9-5-2-6-10-18)19-14-17(11-12-21(19)24-22)13-16-7-3-1-4-8-16/h1-12,14-15,24-25H,13H2. The van der Waals surface area contributed by atoms with Gasteiger partial charge in [0.05, 0.1) is 11.3 Å². The number of hydrogen-bond donors (Lipinski definition) is 2. The summed E-state index contributed by atoms with van der Waals surface area (Å²) in [6.45, 7) is 0. The van der Waals surface area contributed by atoms with E-state index in [-0.39, 0.29) is 5.88 Å². The van der Waals surface area contributed by atoms with E-state index in [4.69, 9.17) is 0 Å². The molecule has 1 heterocycles. The number of aromatic amines is 1. The van der Waals surface area contributed by atoms with Crippen molar-refractivity contribution in [2.45, 2.75) is 6.42 Å². The second-order valence-electron chi connectivity index (χ2n) is 6.02. The molecular weight excluding hydrogens is 308 g/mol. The molecule has 0 fully saturated rings. The van der Waals surface area contributed by atoms with Gasteiger partial charge in [-0.25, -0.2) is 0 Å². The molecule has 0 atom stereocenters. The van der Waals surface area contributed by atoms with Crippen molar-refractivity contribution in [1.29, 1.82) is 0 Å². The number of aromatic nitrogens is 1. The van der Waals surface area contributed by atoms with Crippen LogP contribution in [0.3, 0.4) is 0 Å². The molecule has 0 unspecified atom stereocenters. The second kappa shape index (κ2) is 6.65. The van der Waals surface area contributed by atoms with Gasteiger partial charge in [-0.05, 0) is 41.8 Å². The molecule has 4 aromatic rings. The van der Waals surface area contributed by atoms with Crippen molar-refractivity contribution in [2.75, 3.05) is 0 Å². The molecule has 3 nitrogen and oxygen atoms in total. The van der Waals surface area contributed by atoms with Crippen molar-refractivity contribution in [3.05, 3.63) is 95.6 Å². The number of aromatic hydroxyl groups is 1. The number of hydrogen-bond acceptors (Lipinski definition) is 2. The summed E-state index contributed by atoms with van der Waals surface area (Å²) in [7, 11) is 0. The maximum Gasteiger partial charge on any atom is 0.198 e. The first-order valence-electron chi connectivity index (χ1n) is 8.26. The fourth-order valence-electron chi connectivity index (χ4n) is 2.97.